The molecule has 0 unspecified atom stereocenters. The minimum atomic E-state index is -0.495. The Balaban J connectivity index is 1.80. The molecule has 3 rings (SSSR count). The van der Waals surface area contributed by atoms with Crippen LogP contribution in [0.5, 0.6) is 5.75 Å². The van der Waals surface area contributed by atoms with Crippen LogP contribution in [-0.2, 0) is 4.74 Å². The molecule has 178 valence electrons. The molecule has 0 aliphatic carbocycles. The SMILES string of the molecule is CO[C@H]1CN(C)C(=O)c2ccc(NC(=O)Nc3ccc(F)cc3)cc2OC[C@H](C)NC[C@H]1C. The number of ether oxygens (including phenoxy) is 2. The van der Waals surface area contributed by atoms with Gasteiger partial charge in [0.05, 0.1) is 11.7 Å². The molecule has 9 heteroatoms. The summed E-state index contributed by atoms with van der Waals surface area (Å²) in [5, 5.41) is 8.79. The Hall–Kier alpha value is -3.17. The van der Waals surface area contributed by atoms with Crippen LogP contribution in [0, 0.1) is 11.7 Å². The lowest BCUT2D eigenvalue weighted by Crippen LogP contribution is -2.44. The van der Waals surface area contributed by atoms with Crippen molar-refractivity contribution in [2.24, 2.45) is 5.92 Å². The molecule has 1 heterocycles. The van der Waals surface area contributed by atoms with Gasteiger partial charge in [0.25, 0.3) is 5.91 Å². The summed E-state index contributed by atoms with van der Waals surface area (Å²) in [4.78, 5) is 27.1. The number of hydrogen-bond donors (Lipinski definition) is 3. The van der Waals surface area contributed by atoms with Crippen LogP contribution < -0.4 is 20.7 Å². The van der Waals surface area contributed by atoms with E-state index in [1.807, 2.05) is 6.92 Å². The molecular formula is C24H31FN4O4. The zero-order valence-electron chi connectivity index (χ0n) is 19.4. The molecule has 3 amide bonds. The van der Waals surface area contributed by atoms with Crippen molar-refractivity contribution in [2.75, 3.05) is 44.5 Å². The van der Waals surface area contributed by atoms with E-state index in [4.69, 9.17) is 9.47 Å². The van der Waals surface area contributed by atoms with Crippen LogP contribution >= 0.6 is 0 Å². The van der Waals surface area contributed by atoms with Crippen molar-refractivity contribution in [2.45, 2.75) is 26.0 Å². The van der Waals surface area contributed by atoms with Gasteiger partial charge in [-0.15, -0.1) is 0 Å². The molecule has 1 aliphatic heterocycles. The first kappa shape index (κ1) is 24.5. The molecule has 0 spiro atoms. The highest BCUT2D eigenvalue weighted by molar-refractivity contribution is 6.01. The molecule has 3 N–H and O–H groups in total. The second-order valence-electron chi connectivity index (χ2n) is 8.35. The van der Waals surface area contributed by atoms with E-state index < -0.39 is 6.03 Å². The van der Waals surface area contributed by atoms with Crippen LogP contribution in [0.25, 0.3) is 0 Å². The first-order chi connectivity index (χ1) is 15.8. The number of hydrogen-bond acceptors (Lipinski definition) is 5. The number of carbonyl (C=O) groups excluding carboxylic acids is 2. The lowest BCUT2D eigenvalue weighted by atomic mass is 10.0. The molecule has 33 heavy (non-hydrogen) atoms. The van der Waals surface area contributed by atoms with E-state index in [-0.39, 0.29) is 29.8 Å². The van der Waals surface area contributed by atoms with Crippen molar-refractivity contribution in [3.05, 3.63) is 53.8 Å². The highest BCUT2D eigenvalue weighted by Crippen LogP contribution is 2.26. The normalized spacial score (nSPS) is 21.8. The van der Waals surface area contributed by atoms with Gasteiger partial charge in [-0.05, 0) is 49.2 Å². The van der Waals surface area contributed by atoms with Gasteiger partial charge in [0.1, 0.15) is 18.2 Å². The number of urea groups is 1. The largest absolute Gasteiger partial charge is 0.491 e. The van der Waals surface area contributed by atoms with E-state index in [1.165, 1.54) is 24.3 Å². The average molecular weight is 459 g/mol. The number of carbonyl (C=O) groups is 2. The summed E-state index contributed by atoms with van der Waals surface area (Å²) in [6.07, 6.45) is -0.112. The summed E-state index contributed by atoms with van der Waals surface area (Å²) in [5.74, 6) is 0.00541. The number of nitrogens with one attached hydrogen (secondary N) is 3. The van der Waals surface area contributed by atoms with E-state index in [1.54, 1.807) is 37.3 Å². The van der Waals surface area contributed by atoms with Crippen molar-refractivity contribution in [1.29, 1.82) is 0 Å². The maximum Gasteiger partial charge on any atom is 0.323 e. The third kappa shape index (κ3) is 6.66. The molecule has 0 bridgehead atoms. The van der Waals surface area contributed by atoms with Crippen molar-refractivity contribution in [1.82, 2.24) is 10.2 Å². The Kier molecular flexibility index (Phi) is 8.24. The molecule has 2 aromatic carbocycles. The molecule has 3 atom stereocenters. The van der Waals surface area contributed by atoms with Gasteiger partial charge in [-0.3, -0.25) is 4.79 Å². The van der Waals surface area contributed by atoms with E-state index >= 15 is 0 Å². The van der Waals surface area contributed by atoms with Gasteiger partial charge < -0.3 is 30.3 Å². The summed E-state index contributed by atoms with van der Waals surface area (Å²) in [7, 11) is 3.38. The number of likely N-dealkylation sites (N-methyl/N-ethyl adjacent to an activating group) is 1. The zero-order chi connectivity index (χ0) is 24.0. The molecule has 2 aromatic rings. The topological polar surface area (TPSA) is 91.9 Å². The summed E-state index contributed by atoms with van der Waals surface area (Å²) in [5.41, 5.74) is 1.31. The van der Waals surface area contributed by atoms with Gasteiger partial charge in [0.2, 0.25) is 0 Å². The van der Waals surface area contributed by atoms with E-state index in [2.05, 4.69) is 22.9 Å². The van der Waals surface area contributed by atoms with Gasteiger partial charge in [0, 0.05) is 50.7 Å². The maximum atomic E-state index is 13.1. The smallest absolute Gasteiger partial charge is 0.323 e. The number of anilines is 2. The van der Waals surface area contributed by atoms with Crippen molar-refractivity contribution in [3.8, 4) is 5.75 Å². The van der Waals surface area contributed by atoms with Gasteiger partial charge >= 0.3 is 6.03 Å². The first-order valence-electron chi connectivity index (χ1n) is 10.9. The number of halogens is 1. The molecule has 1 aliphatic rings. The highest BCUT2D eigenvalue weighted by Gasteiger charge is 2.25. The fraction of sp³-hybridized carbons (Fsp3) is 0.417. The number of nitrogens with zero attached hydrogens (tertiary/aromatic N) is 1. The Morgan fingerprint density at radius 3 is 2.52 bits per heavy atom. The van der Waals surface area contributed by atoms with Gasteiger partial charge in [-0.1, -0.05) is 6.92 Å². The number of rotatable bonds is 3. The van der Waals surface area contributed by atoms with E-state index in [0.717, 1.165) is 6.54 Å². The highest BCUT2D eigenvalue weighted by atomic mass is 19.1. The Labute approximate surface area is 193 Å². The molecule has 0 saturated heterocycles. The van der Waals surface area contributed by atoms with Crippen LogP contribution in [0.2, 0.25) is 0 Å². The van der Waals surface area contributed by atoms with E-state index in [9.17, 15) is 14.0 Å². The van der Waals surface area contributed by atoms with E-state index in [0.29, 0.717) is 35.8 Å². The predicted octanol–water partition coefficient (Wildman–Crippen LogP) is 3.56. The first-order valence-corrected chi connectivity index (χ1v) is 10.9. The molecule has 0 aromatic heterocycles. The summed E-state index contributed by atoms with van der Waals surface area (Å²) < 4.78 is 24.7. The minimum absolute atomic E-state index is 0.0449. The standard InChI is InChI=1S/C24H31FN4O4/c1-15-12-26-16(2)14-33-21-11-19(28-24(31)27-18-7-5-17(25)6-8-18)9-10-20(21)23(30)29(3)13-22(15)32-4/h5-11,15-16,22,26H,12-14H2,1-4H3,(H2,27,28,31)/t15-,16+,22+/m1/s1. The van der Waals surface area contributed by atoms with Crippen LogP contribution in [0.1, 0.15) is 24.2 Å². The van der Waals surface area contributed by atoms with Crippen molar-refractivity contribution >= 4 is 23.3 Å². The predicted molar refractivity (Wildman–Crippen MR) is 125 cm³/mol. The van der Waals surface area contributed by atoms with Crippen molar-refractivity contribution < 1.29 is 23.5 Å². The molecular weight excluding hydrogens is 427 g/mol. The summed E-state index contributed by atoms with van der Waals surface area (Å²) in [6, 6.07) is 9.91. The lowest BCUT2D eigenvalue weighted by Gasteiger charge is -2.30. The number of methoxy groups -OCH3 is 1. The fourth-order valence-corrected chi connectivity index (χ4v) is 3.56. The average Bonchev–Trinajstić information content (AvgIpc) is 2.80. The third-order valence-electron chi connectivity index (χ3n) is 5.59. The molecule has 8 nitrogen and oxygen atoms in total. The molecule has 0 fully saturated rings. The van der Waals surface area contributed by atoms with Crippen LogP contribution in [0.15, 0.2) is 42.5 Å². The zero-order valence-corrected chi connectivity index (χ0v) is 19.4. The lowest BCUT2D eigenvalue weighted by molar-refractivity contribution is 0.0281. The quantitative estimate of drug-likeness (QED) is 0.654. The number of benzene rings is 2. The fourth-order valence-electron chi connectivity index (χ4n) is 3.56. The Bertz CT molecular complexity index is 969. The molecule has 0 radical (unpaired) electrons. The van der Waals surface area contributed by atoms with Crippen LogP contribution in [0.4, 0.5) is 20.6 Å². The maximum absolute atomic E-state index is 13.1. The number of fused-ring (bicyclic) bond motifs is 1. The minimum Gasteiger partial charge on any atom is -0.491 e. The monoisotopic (exact) mass is 458 g/mol. The van der Waals surface area contributed by atoms with Gasteiger partial charge in [0.15, 0.2) is 0 Å². The third-order valence-corrected chi connectivity index (χ3v) is 5.59. The Morgan fingerprint density at radius 2 is 1.82 bits per heavy atom. The second kappa shape index (κ2) is 11.1. The van der Waals surface area contributed by atoms with Crippen LogP contribution in [0.3, 0.4) is 0 Å². The van der Waals surface area contributed by atoms with Crippen LogP contribution in [-0.4, -0.2) is 62.8 Å². The number of amides is 3. The molecule has 0 saturated carbocycles. The summed E-state index contributed by atoms with van der Waals surface area (Å²) in [6.45, 7) is 5.60. The van der Waals surface area contributed by atoms with Gasteiger partial charge in [-0.2, -0.15) is 0 Å². The summed E-state index contributed by atoms with van der Waals surface area (Å²) >= 11 is 0. The van der Waals surface area contributed by atoms with Gasteiger partial charge in [-0.25, -0.2) is 9.18 Å². The van der Waals surface area contributed by atoms with Crippen molar-refractivity contribution in [3.63, 3.8) is 0 Å². The second-order valence-corrected chi connectivity index (χ2v) is 8.35. The Morgan fingerprint density at radius 1 is 1.15 bits per heavy atom.